The van der Waals surface area contributed by atoms with Crippen LogP contribution in [-0.4, -0.2) is 45.7 Å². The Hall–Kier alpha value is -1.08. The number of ether oxygens (including phenoxy) is 1. The summed E-state index contributed by atoms with van der Waals surface area (Å²) in [7, 11) is 3.35. The number of carbonyl (C=O) groups is 1. The topological polar surface area (TPSA) is 69.0 Å². The fourth-order valence-electron chi connectivity index (χ4n) is 1.60. The quantitative estimate of drug-likeness (QED) is 0.599. The first-order chi connectivity index (χ1) is 8.95. The van der Waals surface area contributed by atoms with E-state index in [0.29, 0.717) is 6.42 Å². The third kappa shape index (κ3) is 4.83. The molecule has 1 atom stereocenters. The normalized spacial score (nSPS) is 12.7. The first-order valence-electron chi connectivity index (χ1n) is 6.28. The van der Waals surface area contributed by atoms with Gasteiger partial charge in [0.2, 0.25) is 0 Å². The zero-order chi connectivity index (χ0) is 14.4. The first kappa shape index (κ1) is 16.0. The molecular weight excluding hydrogens is 264 g/mol. The summed E-state index contributed by atoms with van der Waals surface area (Å²) in [5.41, 5.74) is 0. The summed E-state index contributed by atoms with van der Waals surface area (Å²) in [6.07, 6.45) is 0.696. The highest BCUT2D eigenvalue weighted by Crippen LogP contribution is 2.17. The zero-order valence-electron chi connectivity index (χ0n) is 12.1. The Balaban J connectivity index is 2.48. The molecule has 7 heteroatoms. The lowest BCUT2D eigenvalue weighted by atomic mass is 10.2. The van der Waals surface area contributed by atoms with E-state index in [1.807, 2.05) is 32.4 Å². The molecule has 6 nitrogen and oxygen atoms in total. The highest BCUT2D eigenvalue weighted by atomic mass is 32.2. The zero-order valence-corrected chi connectivity index (χ0v) is 13.0. The van der Waals surface area contributed by atoms with Crippen molar-refractivity contribution in [3.8, 4) is 0 Å². The van der Waals surface area contributed by atoms with Gasteiger partial charge in [-0.05, 0) is 13.3 Å². The smallest absolute Gasteiger partial charge is 0.322 e. The van der Waals surface area contributed by atoms with Gasteiger partial charge in [0.25, 0.3) is 0 Å². The molecule has 108 valence electrons. The van der Waals surface area contributed by atoms with Crippen LogP contribution in [0.3, 0.4) is 0 Å². The lowest BCUT2D eigenvalue weighted by Gasteiger charge is -2.18. The molecule has 1 heterocycles. The summed E-state index contributed by atoms with van der Waals surface area (Å²) < 4.78 is 6.74. The number of rotatable bonds is 7. The second-order valence-electron chi connectivity index (χ2n) is 4.62. The summed E-state index contributed by atoms with van der Waals surface area (Å²) in [6, 6.07) is -0.0296. The summed E-state index contributed by atoms with van der Waals surface area (Å²) in [4.78, 5) is 11.6. The van der Waals surface area contributed by atoms with E-state index in [0.717, 1.165) is 16.7 Å². The van der Waals surface area contributed by atoms with Crippen LogP contribution in [0, 0.1) is 6.92 Å². The Kier molecular flexibility index (Phi) is 6.30. The molecule has 1 unspecified atom stereocenters. The van der Waals surface area contributed by atoms with Gasteiger partial charge in [0.15, 0.2) is 5.16 Å². The molecule has 0 fully saturated rings. The minimum Gasteiger partial charge on any atom is -0.468 e. The van der Waals surface area contributed by atoms with Gasteiger partial charge in [0.05, 0.1) is 7.11 Å². The number of nitrogens with one attached hydrogen (secondary N) is 1. The molecule has 0 aliphatic rings. The summed E-state index contributed by atoms with van der Waals surface area (Å²) in [5.74, 6) is 1.45. The van der Waals surface area contributed by atoms with E-state index < -0.39 is 0 Å². The minimum atomic E-state index is -0.271. The molecule has 1 N–H and O–H groups in total. The van der Waals surface area contributed by atoms with Crippen LogP contribution in [0.2, 0.25) is 0 Å². The molecule has 0 aromatic carbocycles. The predicted molar refractivity (Wildman–Crippen MR) is 75.2 cm³/mol. The molecule has 1 aromatic rings. The van der Waals surface area contributed by atoms with Crippen molar-refractivity contribution in [3.05, 3.63) is 5.82 Å². The van der Waals surface area contributed by atoms with Crippen molar-refractivity contribution < 1.29 is 9.53 Å². The molecule has 0 bridgehead atoms. The Morgan fingerprint density at radius 3 is 2.63 bits per heavy atom. The Labute approximate surface area is 118 Å². The second kappa shape index (κ2) is 7.49. The van der Waals surface area contributed by atoms with Crippen molar-refractivity contribution in [2.24, 2.45) is 7.05 Å². The molecule has 0 aliphatic heterocycles. The van der Waals surface area contributed by atoms with Gasteiger partial charge in [0.1, 0.15) is 11.9 Å². The summed E-state index contributed by atoms with van der Waals surface area (Å²) in [6.45, 7) is 5.93. The van der Waals surface area contributed by atoms with Gasteiger partial charge < -0.3 is 14.6 Å². The maximum absolute atomic E-state index is 11.6. The van der Waals surface area contributed by atoms with E-state index >= 15 is 0 Å². The maximum atomic E-state index is 11.6. The van der Waals surface area contributed by atoms with Gasteiger partial charge in [-0.15, -0.1) is 10.2 Å². The predicted octanol–water partition coefficient (Wildman–Crippen LogP) is 1.15. The van der Waals surface area contributed by atoms with Gasteiger partial charge in [-0.25, -0.2) is 0 Å². The number of thioether (sulfide) groups is 1. The number of aromatic nitrogens is 3. The van der Waals surface area contributed by atoms with E-state index in [4.69, 9.17) is 4.74 Å². The van der Waals surface area contributed by atoms with Crippen LogP contribution >= 0.6 is 11.8 Å². The first-order valence-corrected chi connectivity index (χ1v) is 7.27. The molecule has 19 heavy (non-hydrogen) atoms. The van der Waals surface area contributed by atoms with Crippen molar-refractivity contribution in [1.29, 1.82) is 0 Å². The molecule has 0 aliphatic carbocycles. The molecule has 0 saturated carbocycles. The molecule has 0 spiro atoms. The van der Waals surface area contributed by atoms with Crippen LogP contribution in [0.4, 0.5) is 0 Å². The van der Waals surface area contributed by atoms with Crippen molar-refractivity contribution in [3.63, 3.8) is 0 Å². The van der Waals surface area contributed by atoms with E-state index in [9.17, 15) is 4.79 Å². The van der Waals surface area contributed by atoms with Crippen molar-refractivity contribution in [2.75, 3.05) is 12.9 Å². The molecule has 1 rings (SSSR count). The van der Waals surface area contributed by atoms with E-state index in [2.05, 4.69) is 15.5 Å². The Bertz CT molecular complexity index is 420. The third-order valence-corrected chi connectivity index (χ3v) is 3.76. The highest BCUT2D eigenvalue weighted by molar-refractivity contribution is 7.99. The average Bonchev–Trinajstić information content (AvgIpc) is 2.68. The molecule has 0 amide bonds. The average molecular weight is 286 g/mol. The van der Waals surface area contributed by atoms with Crippen LogP contribution in [0.1, 0.15) is 26.1 Å². The number of aryl methyl sites for hydroxylation is 1. The van der Waals surface area contributed by atoms with Crippen molar-refractivity contribution in [1.82, 2.24) is 20.1 Å². The SMILES string of the molecule is COC(=O)C(CCSc1nnc(C)n1C)NC(C)C. The fraction of sp³-hybridized carbons (Fsp3) is 0.750. The summed E-state index contributed by atoms with van der Waals surface area (Å²) in [5, 5.41) is 12.1. The molecular formula is C12H22N4O2S. The summed E-state index contributed by atoms with van der Waals surface area (Å²) >= 11 is 1.59. The molecule has 0 radical (unpaired) electrons. The van der Waals surface area contributed by atoms with E-state index in [1.165, 1.54) is 7.11 Å². The van der Waals surface area contributed by atoms with Gasteiger partial charge in [-0.3, -0.25) is 4.79 Å². The number of nitrogens with zero attached hydrogens (tertiary/aromatic N) is 3. The Morgan fingerprint density at radius 1 is 1.47 bits per heavy atom. The van der Waals surface area contributed by atoms with Crippen LogP contribution in [-0.2, 0) is 16.6 Å². The lowest BCUT2D eigenvalue weighted by Crippen LogP contribution is -2.41. The molecule has 1 aromatic heterocycles. The van der Waals surface area contributed by atoms with Crippen LogP contribution in [0.25, 0.3) is 0 Å². The fourth-order valence-corrected chi connectivity index (χ4v) is 2.56. The third-order valence-electron chi connectivity index (χ3n) is 2.71. The van der Waals surface area contributed by atoms with Gasteiger partial charge in [-0.2, -0.15) is 0 Å². The second-order valence-corrected chi connectivity index (χ2v) is 5.69. The number of hydrogen-bond acceptors (Lipinski definition) is 6. The Morgan fingerprint density at radius 2 is 2.16 bits per heavy atom. The van der Waals surface area contributed by atoms with Crippen LogP contribution in [0.5, 0.6) is 0 Å². The number of methoxy groups -OCH3 is 1. The van der Waals surface area contributed by atoms with Gasteiger partial charge >= 0.3 is 5.97 Å². The number of hydrogen-bond donors (Lipinski definition) is 1. The monoisotopic (exact) mass is 286 g/mol. The lowest BCUT2D eigenvalue weighted by molar-refractivity contribution is -0.143. The standard InChI is InChI=1S/C12H22N4O2S/c1-8(2)13-10(11(17)18-5)6-7-19-12-15-14-9(3)16(12)4/h8,10,13H,6-7H2,1-5H3. The van der Waals surface area contributed by atoms with Crippen LogP contribution in [0.15, 0.2) is 5.16 Å². The van der Waals surface area contributed by atoms with Gasteiger partial charge in [0, 0.05) is 18.8 Å². The van der Waals surface area contributed by atoms with Crippen molar-refractivity contribution >= 4 is 17.7 Å². The highest BCUT2D eigenvalue weighted by Gasteiger charge is 2.19. The van der Waals surface area contributed by atoms with E-state index in [-0.39, 0.29) is 18.1 Å². The van der Waals surface area contributed by atoms with Crippen LogP contribution < -0.4 is 5.32 Å². The number of carbonyl (C=O) groups excluding carboxylic acids is 1. The van der Waals surface area contributed by atoms with Gasteiger partial charge in [-0.1, -0.05) is 25.6 Å². The maximum Gasteiger partial charge on any atom is 0.322 e. The van der Waals surface area contributed by atoms with E-state index in [1.54, 1.807) is 11.8 Å². The largest absolute Gasteiger partial charge is 0.468 e. The number of esters is 1. The minimum absolute atomic E-state index is 0.219. The molecule has 0 saturated heterocycles. The van der Waals surface area contributed by atoms with Crippen molar-refractivity contribution in [2.45, 2.75) is 44.4 Å².